The third-order valence-electron chi connectivity index (χ3n) is 1.59. The Balaban J connectivity index is 4.12. The zero-order valence-electron chi connectivity index (χ0n) is 8.28. The topological polar surface area (TPSA) is 87.0 Å². The van der Waals surface area contributed by atoms with E-state index in [0.717, 1.165) is 6.26 Å². The summed E-state index contributed by atoms with van der Waals surface area (Å²) in [6, 6.07) is 1.67. The molecule has 0 heterocycles. The van der Waals surface area contributed by atoms with Crippen LogP contribution < -0.4 is 5.32 Å². The second-order valence-electron chi connectivity index (χ2n) is 3.11. The van der Waals surface area contributed by atoms with Crippen LogP contribution in [-0.4, -0.2) is 32.4 Å². The van der Waals surface area contributed by atoms with E-state index >= 15 is 0 Å². The van der Waals surface area contributed by atoms with Crippen molar-refractivity contribution in [2.45, 2.75) is 25.8 Å². The van der Waals surface area contributed by atoms with Crippen molar-refractivity contribution < 1.29 is 13.2 Å². The van der Waals surface area contributed by atoms with E-state index < -0.39 is 21.5 Å². The summed E-state index contributed by atoms with van der Waals surface area (Å²) in [5.41, 5.74) is 0. The molecular weight excluding hydrogens is 204 g/mol. The highest BCUT2D eigenvalue weighted by Gasteiger charge is 2.14. The molecule has 0 aliphatic rings. The number of hydrogen-bond donors (Lipinski definition) is 1. The van der Waals surface area contributed by atoms with E-state index in [1.807, 2.05) is 13.0 Å². The Bertz CT molecular complexity index is 329. The molecule has 0 aromatic carbocycles. The quantitative estimate of drug-likeness (QED) is 0.694. The molecule has 6 heteroatoms. The van der Waals surface area contributed by atoms with Crippen molar-refractivity contribution in [1.29, 1.82) is 5.26 Å². The highest BCUT2D eigenvalue weighted by Crippen LogP contribution is 1.96. The molecule has 14 heavy (non-hydrogen) atoms. The molecule has 1 amide bonds. The van der Waals surface area contributed by atoms with Gasteiger partial charge in [0.05, 0.1) is 12.5 Å². The lowest BCUT2D eigenvalue weighted by molar-refractivity contribution is -0.119. The van der Waals surface area contributed by atoms with Gasteiger partial charge in [0.2, 0.25) is 5.91 Å². The van der Waals surface area contributed by atoms with Crippen molar-refractivity contribution in [2.24, 2.45) is 0 Å². The fraction of sp³-hybridized carbons (Fsp3) is 0.750. The van der Waals surface area contributed by atoms with E-state index in [1.54, 1.807) is 0 Å². The van der Waals surface area contributed by atoms with Crippen LogP contribution in [0.4, 0.5) is 0 Å². The summed E-state index contributed by atoms with van der Waals surface area (Å²) in [5.74, 6) is -1.07. The van der Waals surface area contributed by atoms with Gasteiger partial charge in [0, 0.05) is 12.3 Å². The average molecular weight is 218 g/mol. The molecule has 0 saturated heterocycles. The van der Waals surface area contributed by atoms with Gasteiger partial charge in [-0.3, -0.25) is 4.79 Å². The van der Waals surface area contributed by atoms with E-state index in [4.69, 9.17) is 5.26 Å². The first-order chi connectivity index (χ1) is 6.39. The molecule has 0 bridgehead atoms. The van der Waals surface area contributed by atoms with Gasteiger partial charge in [-0.05, 0) is 6.42 Å². The minimum absolute atomic E-state index is 0.200. The summed E-state index contributed by atoms with van der Waals surface area (Å²) in [6.07, 6.45) is 1.81. The number of rotatable bonds is 5. The van der Waals surface area contributed by atoms with Crippen LogP contribution in [0, 0.1) is 11.3 Å². The first-order valence-corrected chi connectivity index (χ1v) is 6.29. The molecule has 0 rings (SSSR count). The largest absolute Gasteiger partial charge is 0.351 e. The van der Waals surface area contributed by atoms with Crippen LogP contribution >= 0.6 is 0 Å². The third-order valence-corrected chi connectivity index (χ3v) is 2.38. The van der Waals surface area contributed by atoms with Crippen LogP contribution in [0.5, 0.6) is 0 Å². The summed E-state index contributed by atoms with van der Waals surface area (Å²) in [7, 11) is -3.29. The van der Waals surface area contributed by atoms with E-state index in [1.165, 1.54) is 0 Å². The Morgan fingerprint density at radius 2 is 2.14 bits per heavy atom. The molecule has 1 N–H and O–H groups in total. The second kappa shape index (κ2) is 5.60. The lowest BCUT2D eigenvalue weighted by Crippen LogP contribution is -2.37. The maximum atomic E-state index is 11.1. The maximum Gasteiger partial charge on any atom is 0.235 e. The summed E-state index contributed by atoms with van der Waals surface area (Å²) in [6.45, 7) is 1.82. The van der Waals surface area contributed by atoms with Gasteiger partial charge in [0.1, 0.15) is 5.75 Å². The minimum atomic E-state index is -3.29. The molecule has 0 aliphatic carbocycles. The van der Waals surface area contributed by atoms with Crippen molar-refractivity contribution in [3.05, 3.63) is 0 Å². The predicted octanol–water partition coefficient (Wildman–Crippen LogP) is -0.161. The number of carbonyl (C=O) groups is 1. The van der Waals surface area contributed by atoms with E-state index in [0.29, 0.717) is 6.42 Å². The van der Waals surface area contributed by atoms with Crippen LogP contribution in [0.3, 0.4) is 0 Å². The molecule has 0 radical (unpaired) electrons. The molecule has 1 unspecified atom stereocenters. The Labute approximate surface area is 84.0 Å². The van der Waals surface area contributed by atoms with Crippen molar-refractivity contribution >= 4 is 15.7 Å². The zero-order chi connectivity index (χ0) is 11.2. The smallest absolute Gasteiger partial charge is 0.235 e. The van der Waals surface area contributed by atoms with Crippen molar-refractivity contribution in [3.8, 4) is 6.07 Å². The highest BCUT2D eigenvalue weighted by atomic mass is 32.2. The number of nitrogens with zero attached hydrogens (tertiary/aromatic N) is 1. The molecule has 0 aromatic heterocycles. The Kier molecular flexibility index (Phi) is 5.16. The zero-order valence-corrected chi connectivity index (χ0v) is 9.10. The van der Waals surface area contributed by atoms with Crippen molar-refractivity contribution in [3.63, 3.8) is 0 Å². The van der Waals surface area contributed by atoms with Crippen LogP contribution in [0.15, 0.2) is 0 Å². The lowest BCUT2D eigenvalue weighted by Gasteiger charge is -2.12. The summed E-state index contributed by atoms with van der Waals surface area (Å²) < 4.78 is 21.5. The Morgan fingerprint density at radius 3 is 2.50 bits per heavy atom. The van der Waals surface area contributed by atoms with Crippen LogP contribution in [0.25, 0.3) is 0 Å². The van der Waals surface area contributed by atoms with Gasteiger partial charge in [0.25, 0.3) is 0 Å². The van der Waals surface area contributed by atoms with Crippen molar-refractivity contribution in [1.82, 2.24) is 5.32 Å². The number of nitrogens with one attached hydrogen (secondary N) is 1. The maximum absolute atomic E-state index is 11.1. The first-order valence-electron chi connectivity index (χ1n) is 4.23. The number of hydrogen-bond acceptors (Lipinski definition) is 4. The fourth-order valence-corrected chi connectivity index (χ4v) is 1.47. The predicted molar refractivity (Wildman–Crippen MR) is 52.2 cm³/mol. The Hall–Kier alpha value is -1.09. The normalized spacial score (nSPS) is 12.9. The van der Waals surface area contributed by atoms with E-state index in [-0.39, 0.29) is 12.5 Å². The SMILES string of the molecule is CCC(CC#N)NC(=O)CS(C)(=O)=O. The molecule has 0 spiro atoms. The van der Waals surface area contributed by atoms with E-state index in [9.17, 15) is 13.2 Å². The van der Waals surface area contributed by atoms with Crippen LogP contribution in [0.2, 0.25) is 0 Å². The number of amides is 1. The number of carbonyl (C=O) groups excluding carboxylic acids is 1. The minimum Gasteiger partial charge on any atom is -0.351 e. The Morgan fingerprint density at radius 1 is 1.57 bits per heavy atom. The van der Waals surface area contributed by atoms with Gasteiger partial charge in [-0.15, -0.1) is 0 Å². The molecule has 0 saturated carbocycles. The molecule has 0 aromatic rings. The standard InChI is InChI=1S/C8H14N2O3S/c1-3-7(4-5-9)10-8(11)6-14(2,12)13/h7H,3-4,6H2,1-2H3,(H,10,11). The molecule has 0 fully saturated rings. The third kappa shape index (κ3) is 6.43. The highest BCUT2D eigenvalue weighted by molar-refractivity contribution is 7.91. The summed E-state index contributed by atoms with van der Waals surface area (Å²) >= 11 is 0. The van der Waals surface area contributed by atoms with Gasteiger partial charge in [-0.1, -0.05) is 6.92 Å². The van der Waals surface area contributed by atoms with Crippen LogP contribution in [0.1, 0.15) is 19.8 Å². The molecule has 1 atom stereocenters. The van der Waals surface area contributed by atoms with Gasteiger partial charge in [-0.2, -0.15) is 5.26 Å². The van der Waals surface area contributed by atoms with Gasteiger partial charge in [0.15, 0.2) is 9.84 Å². The molecule has 80 valence electrons. The van der Waals surface area contributed by atoms with E-state index in [2.05, 4.69) is 5.32 Å². The van der Waals surface area contributed by atoms with Crippen molar-refractivity contribution in [2.75, 3.05) is 12.0 Å². The molecule has 0 aliphatic heterocycles. The summed E-state index contributed by atoms with van der Waals surface area (Å²) in [4.78, 5) is 11.1. The number of sulfone groups is 1. The first kappa shape index (κ1) is 12.9. The molecular formula is C8H14N2O3S. The number of nitriles is 1. The fourth-order valence-electron chi connectivity index (χ4n) is 0.915. The van der Waals surface area contributed by atoms with Gasteiger partial charge >= 0.3 is 0 Å². The second-order valence-corrected chi connectivity index (χ2v) is 5.25. The average Bonchev–Trinajstić information content (AvgIpc) is 2.00. The van der Waals surface area contributed by atoms with Gasteiger partial charge in [-0.25, -0.2) is 8.42 Å². The summed E-state index contributed by atoms with van der Waals surface area (Å²) in [5, 5.41) is 10.9. The molecule has 5 nitrogen and oxygen atoms in total. The lowest BCUT2D eigenvalue weighted by atomic mass is 10.2. The monoisotopic (exact) mass is 218 g/mol. The van der Waals surface area contributed by atoms with Gasteiger partial charge < -0.3 is 5.32 Å². The van der Waals surface area contributed by atoms with Crippen LogP contribution in [-0.2, 0) is 14.6 Å².